The third-order valence-corrected chi connectivity index (χ3v) is 7.50. The Morgan fingerprint density at radius 3 is 2.74 bits per heavy atom. The van der Waals surface area contributed by atoms with Crippen LogP contribution < -0.4 is 10.9 Å². The van der Waals surface area contributed by atoms with Gasteiger partial charge in [-0.25, -0.2) is 9.48 Å². The van der Waals surface area contributed by atoms with Crippen molar-refractivity contribution in [1.29, 1.82) is 0 Å². The number of amides is 2. The van der Waals surface area contributed by atoms with Gasteiger partial charge >= 0.3 is 6.09 Å². The molecule has 2 bridgehead atoms. The molecule has 3 atom stereocenters. The number of thiophene rings is 1. The first-order valence-electron chi connectivity index (χ1n) is 11.8. The lowest BCUT2D eigenvalue weighted by Crippen LogP contribution is -2.53. The lowest BCUT2D eigenvalue weighted by atomic mass is 10.1. The minimum Gasteiger partial charge on any atom is -0.444 e. The van der Waals surface area contributed by atoms with E-state index in [1.165, 1.54) is 4.68 Å². The van der Waals surface area contributed by atoms with Crippen LogP contribution in [0.4, 0.5) is 4.79 Å². The number of hydrogen-bond acceptors (Lipinski definition) is 6. The van der Waals surface area contributed by atoms with E-state index in [-0.39, 0.29) is 42.1 Å². The molecule has 2 fully saturated rings. The van der Waals surface area contributed by atoms with Crippen LogP contribution in [0.15, 0.2) is 22.3 Å². The van der Waals surface area contributed by atoms with Crippen LogP contribution >= 0.6 is 11.3 Å². The van der Waals surface area contributed by atoms with Gasteiger partial charge in [0.2, 0.25) is 5.91 Å². The Hall–Kier alpha value is -2.88. The van der Waals surface area contributed by atoms with Crippen molar-refractivity contribution in [3.63, 3.8) is 0 Å². The second kappa shape index (κ2) is 8.11. The first-order chi connectivity index (χ1) is 16.0. The van der Waals surface area contributed by atoms with Gasteiger partial charge in [0, 0.05) is 23.9 Å². The third-order valence-electron chi connectivity index (χ3n) is 6.58. The Kier molecular flexibility index (Phi) is 5.46. The van der Waals surface area contributed by atoms with Crippen LogP contribution in [0.1, 0.15) is 59.2 Å². The maximum atomic E-state index is 13.2. The number of fused-ring (bicyclic) bond motifs is 5. The minimum absolute atomic E-state index is 0.0723. The van der Waals surface area contributed by atoms with Gasteiger partial charge in [-0.2, -0.15) is 5.10 Å². The molecule has 1 unspecified atom stereocenters. The van der Waals surface area contributed by atoms with Crippen molar-refractivity contribution in [3.8, 4) is 0 Å². The standard InChI is InChI=1S/C24H31N5O4S/c1-13(2)20-26-28(21(31)18-10-15-6-7-34-22(15)29(18)20)12-19(30)25-16-8-14-9-17(16)27(11-14)23(32)33-24(3,4)5/h6-7,10,13-14,16-17H,8-9,11-12H2,1-5H3,(H,25,30)/t14-,16?,17-/m1/s1. The summed E-state index contributed by atoms with van der Waals surface area (Å²) >= 11 is 1.57. The summed E-state index contributed by atoms with van der Waals surface area (Å²) in [6.45, 7) is 10.1. The second-order valence-electron chi connectivity index (χ2n) is 10.7. The number of nitrogens with one attached hydrogen (secondary N) is 1. The van der Waals surface area contributed by atoms with Crippen LogP contribution in [0.5, 0.6) is 0 Å². The highest BCUT2D eigenvalue weighted by atomic mass is 32.1. The highest BCUT2D eigenvalue weighted by Crippen LogP contribution is 2.38. The van der Waals surface area contributed by atoms with Gasteiger partial charge in [-0.05, 0) is 57.0 Å². The molecule has 1 saturated carbocycles. The quantitative estimate of drug-likeness (QED) is 0.611. The van der Waals surface area contributed by atoms with Crippen molar-refractivity contribution in [3.05, 3.63) is 33.7 Å². The normalized spacial score (nSPS) is 22.3. The van der Waals surface area contributed by atoms with E-state index in [4.69, 9.17) is 4.74 Å². The highest BCUT2D eigenvalue weighted by molar-refractivity contribution is 7.16. The molecular weight excluding hydrogens is 454 g/mol. The lowest BCUT2D eigenvalue weighted by Gasteiger charge is -2.34. The van der Waals surface area contributed by atoms with Crippen LogP contribution in [-0.2, 0) is 16.1 Å². The average molecular weight is 486 g/mol. The molecule has 182 valence electrons. The molecule has 5 rings (SSSR count). The number of carbonyl (C=O) groups is 2. The van der Waals surface area contributed by atoms with Gasteiger partial charge < -0.3 is 15.0 Å². The number of rotatable bonds is 4. The zero-order valence-corrected chi connectivity index (χ0v) is 21.0. The largest absolute Gasteiger partial charge is 0.444 e. The molecule has 1 aliphatic carbocycles. The van der Waals surface area contributed by atoms with Crippen molar-refractivity contribution in [2.24, 2.45) is 5.92 Å². The maximum absolute atomic E-state index is 13.2. The molecule has 3 aromatic rings. The monoisotopic (exact) mass is 485 g/mol. The summed E-state index contributed by atoms with van der Waals surface area (Å²) in [5.74, 6) is 0.892. The minimum atomic E-state index is -0.565. The smallest absolute Gasteiger partial charge is 0.410 e. The summed E-state index contributed by atoms with van der Waals surface area (Å²) in [4.78, 5) is 41.5. The van der Waals surface area contributed by atoms with Gasteiger partial charge in [0.05, 0.1) is 6.04 Å². The molecule has 2 aliphatic rings. The molecule has 2 amide bonds. The number of hydrogen-bond donors (Lipinski definition) is 1. The van der Waals surface area contributed by atoms with Crippen molar-refractivity contribution in [2.45, 2.75) is 77.6 Å². The third kappa shape index (κ3) is 3.97. The number of ether oxygens (including phenoxy) is 1. The molecular formula is C24H31N5O4S. The van der Waals surface area contributed by atoms with E-state index in [2.05, 4.69) is 10.4 Å². The molecule has 0 aromatic carbocycles. The SMILES string of the molecule is CC(C)c1nn(CC(=O)NC2C[C@@H]3C[C@H]2N(C(=O)OC(C)(C)C)C3)c(=O)c2cc3ccsc3n12. The summed E-state index contributed by atoms with van der Waals surface area (Å²) in [7, 11) is 0. The molecule has 1 saturated heterocycles. The maximum Gasteiger partial charge on any atom is 0.410 e. The predicted molar refractivity (Wildman–Crippen MR) is 130 cm³/mol. The van der Waals surface area contributed by atoms with E-state index in [0.717, 1.165) is 28.9 Å². The number of likely N-dealkylation sites (tertiary alicyclic amines) is 1. The highest BCUT2D eigenvalue weighted by Gasteiger charge is 2.48. The van der Waals surface area contributed by atoms with Gasteiger partial charge in [-0.1, -0.05) is 13.8 Å². The van der Waals surface area contributed by atoms with Crippen LogP contribution in [0, 0.1) is 5.92 Å². The van der Waals surface area contributed by atoms with Crippen LogP contribution in [-0.4, -0.2) is 55.3 Å². The fourth-order valence-corrected chi connectivity index (χ4v) is 6.14. The first kappa shape index (κ1) is 22.9. The summed E-state index contributed by atoms with van der Waals surface area (Å²) in [6, 6.07) is 3.62. The van der Waals surface area contributed by atoms with Gasteiger partial charge in [-0.3, -0.25) is 14.0 Å². The Balaban J connectivity index is 1.35. The molecule has 34 heavy (non-hydrogen) atoms. The van der Waals surface area contributed by atoms with E-state index in [1.807, 2.05) is 56.5 Å². The Morgan fingerprint density at radius 2 is 2.06 bits per heavy atom. The van der Waals surface area contributed by atoms with Crippen LogP contribution in [0.2, 0.25) is 0 Å². The Bertz CT molecular complexity index is 1330. The van der Waals surface area contributed by atoms with Gasteiger partial charge in [-0.15, -0.1) is 11.3 Å². The zero-order valence-electron chi connectivity index (χ0n) is 20.2. The van der Waals surface area contributed by atoms with E-state index >= 15 is 0 Å². The summed E-state index contributed by atoms with van der Waals surface area (Å²) in [5, 5.41) is 10.6. The van der Waals surface area contributed by atoms with Crippen molar-refractivity contribution in [2.75, 3.05) is 6.54 Å². The van der Waals surface area contributed by atoms with Gasteiger partial charge in [0.25, 0.3) is 5.56 Å². The molecule has 1 N–H and O–H groups in total. The lowest BCUT2D eigenvalue weighted by molar-refractivity contribution is -0.123. The summed E-state index contributed by atoms with van der Waals surface area (Å²) < 4.78 is 8.73. The number of aromatic nitrogens is 3. The topological polar surface area (TPSA) is 97.9 Å². The molecule has 3 aromatic heterocycles. The molecule has 1 aliphatic heterocycles. The molecule has 0 spiro atoms. The van der Waals surface area contributed by atoms with E-state index < -0.39 is 5.60 Å². The zero-order chi connectivity index (χ0) is 24.4. The summed E-state index contributed by atoms with van der Waals surface area (Å²) in [6.07, 6.45) is 1.34. The number of nitrogens with zero attached hydrogens (tertiary/aromatic N) is 4. The van der Waals surface area contributed by atoms with E-state index in [9.17, 15) is 14.4 Å². The number of piperidine rings is 1. The van der Waals surface area contributed by atoms with Crippen LogP contribution in [0.25, 0.3) is 15.7 Å². The van der Waals surface area contributed by atoms with Crippen LogP contribution in [0.3, 0.4) is 0 Å². The summed E-state index contributed by atoms with van der Waals surface area (Å²) in [5.41, 5.74) is -0.319. The van der Waals surface area contributed by atoms with E-state index in [0.29, 0.717) is 18.0 Å². The Morgan fingerprint density at radius 1 is 1.29 bits per heavy atom. The van der Waals surface area contributed by atoms with Gasteiger partial charge in [0.1, 0.15) is 28.3 Å². The van der Waals surface area contributed by atoms with Gasteiger partial charge in [0.15, 0.2) is 0 Å². The molecule has 10 heteroatoms. The fourth-order valence-electron chi connectivity index (χ4n) is 5.24. The van der Waals surface area contributed by atoms with Crippen molar-refractivity contribution in [1.82, 2.24) is 24.4 Å². The number of carbonyl (C=O) groups excluding carboxylic acids is 2. The van der Waals surface area contributed by atoms with Crippen molar-refractivity contribution < 1.29 is 14.3 Å². The predicted octanol–water partition coefficient (Wildman–Crippen LogP) is 3.35. The molecule has 0 radical (unpaired) electrons. The first-order valence-corrected chi connectivity index (χ1v) is 12.7. The van der Waals surface area contributed by atoms with E-state index in [1.54, 1.807) is 16.2 Å². The fraction of sp³-hybridized carbons (Fsp3) is 0.583. The molecule has 4 heterocycles. The van der Waals surface area contributed by atoms with Crippen molar-refractivity contribution >= 4 is 39.1 Å². The Labute approximate surface area is 201 Å². The molecule has 9 nitrogen and oxygen atoms in total. The average Bonchev–Trinajstić information content (AvgIpc) is 3.48. The second-order valence-corrected chi connectivity index (χ2v) is 11.6.